The third kappa shape index (κ3) is 9.57. The Bertz CT molecular complexity index is 904. The van der Waals surface area contributed by atoms with E-state index in [4.69, 9.17) is 28.4 Å². The van der Waals surface area contributed by atoms with Gasteiger partial charge in [-0.1, -0.05) is 30.3 Å². The summed E-state index contributed by atoms with van der Waals surface area (Å²) in [7, 11) is 0. The Kier molecular flexibility index (Phi) is 11.0. The minimum absolute atomic E-state index is 0.0683. The predicted molar refractivity (Wildman–Crippen MR) is 121 cm³/mol. The molecule has 1 fully saturated rings. The van der Waals surface area contributed by atoms with Gasteiger partial charge >= 0.3 is 29.8 Å². The molecule has 0 radical (unpaired) electrons. The van der Waals surface area contributed by atoms with Gasteiger partial charge in [-0.15, -0.1) is 11.8 Å². The molecule has 0 amide bonds. The molecule has 11 nitrogen and oxygen atoms in total. The maximum Gasteiger partial charge on any atom is 0.316 e. The largest absolute Gasteiger partial charge is 0.463 e. The van der Waals surface area contributed by atoms with Gasteiger partial charge in [0.2, 0.25) is 0 Å². The quantitative estimate of drug-likeness (QED) is 0.332. The second-order valence-corrected chi connectivity index (χ2v) is 8.61. The van der Waals surface area contributed by atoms with Crippen LogP contribution < -0.4 is 0 Å². The number of carbonyl (C=O) groups excluding carboxylic acids is 5. The van der Waals surface area contributed by atoms with E-state index in [0.717, 1.165) is 38.1 Å². The van der Waals surface area contributed by atoms with Crippen LogP contribution >= 0.6 is 11.8 Å². The number of carbonyl (C=O) groups is 5. The Morgan fingerprint density at radius 1 is 0.771 bits per heavy atom. The smallest absolute Gasteiger partial charge is 0.316 e. The van der Waals surface area contributed by atoms with E-state index >= 15 is 0 Å². The number of benzene rings is 1. The maximum absolute atomic E-state index is 12.3. The Labute approximate surface area is 206 Å². The molecule has 1 aromatic rings. The van der Waals surface area contributed by atoms with Crippen LogP contribution in [0, 0.1) is 0 Å². The first-order valence-electron chi connectivity index (χ1n) is 10.7. The average Bonchev–Trinajstić information content (AvgIpc) is 2.78. The lowest BCUT2D eigenvalue weighted by Crippen LogP contribution is -2.61. The molecule has 5 atom stereocenters. The molecule has 192 valence electrons. The molecule has 1 aromatic carbocycles. The first kappa shape index (κ1) is 28.1. The van der Waals surface area contributed by atoms with Crippen LogP contribution in [0.3, 0.4) is 0 Å². The van der Waals surface area contributed by atoms with Gasteiger partial charge in [0.1, 0.15) is 24.8 Å². The normalized spacial score (nSPS) is 23.5. The summed E-state index contributed by atoms with van der Waals surface area (Å²) in [6, 6.07) is 9.08. The molecule has 1 aliphatic heterocycles. The Hall–Kier alpha value is -3.12. The lowest BCUT2D eigenvalue weighted by molar-refractivity contribution is -0.237. The number of thioether (sulfide) groups is 1. The molecule has 0 aliphatic carbocycles. The molecular weight excluding hydrogens is 484 g/mol. The van der Waals surface area contributed by atoms with E-state index in [9.17, 15) is 24.0 Å². The van der Waals surface area contributed by atoms with Crippen molar-refractivity contribution >= 4 is 41.6 Å². The lowest BCUT2D eigenvalue weighted by Gasteiger charge is -2.44. The topological polar surface area (TPSA) is 141 Å². The molecule has 1 heterocycles. The molecule has 12 heteroatoms. The standard InChI is InChI=1S/C23H28O11S/c1-13(24)29-11-18-20(31-14(2)25)21(32-15(3)26)22(33-16(4)27)23(34-18)35-12-19(28)30-10-17-8-6-5-7-9-17/h5-9,18,20-23H,10-12H2,1-4H3/t18-,20-,21+,22-,23+/m1/s1. The highest BCUT2D eigenvalue weighted by Gasteiger charge is 2.52. The van der Waals surface area contributed by atoms with Crippen molar-refractivity contribution in [2.45, 2.75) is 64.2 Å². The van der Waals surface area contributed by atoms with Crippen LogP contribution in [0.4, 0.5) is 0 Å². The molecule has 0 unspecified atom stereocenters. The zero-order valence-electron chi connectivity index (χ0n) is 19.8. The number of hydrogen-bond donors (Lipinski definition) is 0. The van der Waals surface area contributed by atoms with Crippen molar-refractivity contribution in [2.75, 3.05) is 12.4 Å². The summed E-state index contributed by atoms with van der Waals surface area (Å²) >= 11 is 0.934. The van der Waals surface area contributed by atoms with Crippen LogP contribution in [-0.2, 0) is 59.0 Å². The SMILES string of the molecule is CC(=O)OC[C@H]1O[C@@H](SCC(=O)OCc2ccccc2)[C@H](OC(C)=O)[C@@H](OC(C)=O)[C@@H]1OC(C)=O. The molecule has 0 aromatic heterocycles. The zero-order chi connectivity index (χ0) is 26.0. The number of rotatable bonds is 10. The van der Waals surface area contributed by atoms with Crippen LogP contribution in [0.2, 0.25) is 0 Å². The first-order valence-corrected chi connectivity index (χ1v) is 11.7. The summed E-state index contributed by atoms with van der Waals surface area (Å²) in [6.45, 7) is 4.33. The van der Waals surface area contributed by atoms with Crippen LogP contribution in [0.25, 0.3) is 0 Å². The van der Waals surface area contributed by atoms with E-state index in [1.165, 1.54) is 6.92 Å². The summed E-state index contributed by atoms with van der Waals surface area (Å²) in [4.78, 5) is 59.1. The predicted octanol–water partition coefficient (Wildman–Crippen LogP) is 1.55. The third-order valence-electron chi connectivity index (χ3n) is 4.56. The Balaban J connectivity index is 2.21. The molecule has 2 rings (SSSR count). The summed E-state index contributed by atoms with van der Waals surface area (Å²) in [6.07, 6.45) is -4.84. The summed E-state index contributed by atoms with van der Waals surface area (Å²) in [5.41, 5.74) is -0.238. The van der Waals surface area contributed by atoms with Gasteiger partial charge in [-0.3, -0.25) is 24.0 Å². The molecule has 1 saturated heterocycles. The van der Waals surface area contributed by atoms with Crippen molar-refractivity contribution in [1.82, 2.24) is 0 Å². The van der Waals surface area contributed by atoms with Gasteiger partial charge < -0.3 is 28.4 Å². The lowest BCUT2D eigenvalue weighted by atomic mass is 9.99. The minimum atomic E-state index is -1.28. The van der Waals surface area contributed by atoms with Gasteiger partial charge in [-0.25, -0.2) is 0 Å². The fourth-order valence-corrected chi connectivity index (χ4v) is 4.26. The van der Waals surface area contributed by atoms with E-state index in [1.54, 1.807) is 12.1 Å². The highest BCUT2D eigenvalue weighted by Crippen LogP contribution is 2.34. The van der Waals surface area contributed by atoms with Gasteiger partial charge in [0.25, 0.3) is 0 Å². The number of ether oxygens (including phenoxy) is 6. The van der Waals surface area contributed by atoms with Crippen molar-refractivity contribution in [3.8, 4) is 0 Å². The van der Waals surface area contributed by atoms with Crippen LogP contribution in [0.5, 0.6) is 0 Å². The van der Waals surface area contributed by atoms with Crippen molar-refractivity contribution < 1.29 is 52.4 Å². The Morgan fingerprint density at radius 2 is 1.34 bits per heavy atom. The summed E-state index contributed by atoms with van der Waals surface area (Å²) in [5.74, 6) is -3.54. The summed E-state index contributed by atoms with van der Waals surface area (Å²) < 4.78 is 32.2. The number of esters is 5. The van der Waals surface area contributed by atoms with Gasteiger partial charge in [-0.2, -0.15) is 0 Å². The van der Waals surface area contributed by atoms with E-state index in [0.29, 0.717) is 0 Å². The molecule has 1 aliphatic rings. The van der Waals surface area contributed by atoms with Crippen LogP contribution in [0.15, 0.2) is 30.3 Å². The van der Waals surface area contributed by atoms with Gasteiger partial charge in [0.05, 0.1) is 5.75 Å². The second kappa shape index (κ2) is 13.7. The molecule has 0 saturated carbocycles. The maximum atomic E-state index is 12.3. The molecule has 35 heavy (non-hydrogen) atoms. The first-order chi connectivity index (χ1) is 16.6. The monoisotopic (exact) mass is 512 g/mol. The number of hydrogen-bond acceptors (Lipinski definition) is 12. The van der Waals surface area contributed by atoms with E-state index in [2.05, 4.69) is 0 Å². The third-order valence-corrected chi connectivity index (χ3v) is 5.67. The molecule has 0 spiro atoms. The molecular formula is C23H28O11S. The van der Waals surface area contributed by atoms with Gasteiger partial charge in [0, 0.05) is 27.7 Å². The highest BCUT2D eigenvalue weighted by atomic mass is 32.2. The summed E-state index contributed by atoms with van der Waals surface area (Å²) in [5, 5.41) is 0. The van der Waals surface area contributed by atoms with Gasteiger partial charge in [-0.05, 0) is 5.56 Å². The fraction of sp³-hybridized carbons (Fsp3) is 0.522. The van der Waals surface area contributed by atoms with Crippen molar-refractivity contribution in [1.29, 1.82) is 0 Å². The average molecular weight is 513 g/mol. The van der Waals surface area contributed by atoms with E-state index < -0.39 is 59.7 Å². The van der Waals surface area contributed by atoms with E-state index in [1.807, 2.05) is 18.2 Å². The highest BCUT2D eigenvalue weighted by molar-refractivity contribution is 8.00. The van der Waals surface area contributed by atoms with E-state index in [-0.39, 0.29) is 19.0 Å². The molecule has 0 N–H and O–H groups in total. The van der Waals surface area contributed by atoms with Crippen molar-refractivity contribution in [3.63, 3.8) is 0 Å². The zero-order valence-corrected chi connectivity index (χ0v) is 20.6. The van der Waals surface area contributed by atoms with Crippen LogP contribution in [-0.4, -0.2) is 72.1 Å². The second-order valence-electron chi connectivity index (χ2n) is 7.52. The minimum Gasteiger partial charge on any atom is -0.463 e. The van der Waals surface area contributed by atoms with Crippen molar-refractivity contribution in [3.05, 3.63) is 35.9 Å². The van der Waals surface area contributed by atoms with Crippen molar-refractivity contribution in [2.24, 2.45) is 0 Å². The fourth-order valence-electron chi connectivity index (χ4n) is 3.25. The van der Waals surface area contributed by atoms with Gasteiger partial charge in [0.15, 0.2) is 18.3 Å². The Morgan fingerprint density at radius 3 is 1.91 bits per heavy atom. The molecule has 0 bridgehead atoms. The van der Waals surface area contributed by atoms with Crippen LogP contribution in [0.1, 0.15) is 33.3 Å².